The molecule has 104 valence electrons. The molecule has 1 aliphatic rings. The van der Waals surface area contributed by atoms with Crippen LogP contribution in [0.3, 0.4) is 0 Å². The van der Waals surface area contributed by atoms with Crippen molar-refractivity contribution in [1.29, 1.82) is 0 Å². The van der Waals surface area contributed by atoms with Crippen molar-refractivity contribution in [2.75, 3.05) is 13.2 Å². The van der Waals surface area contributed by atoms with E-state index in [9.17, 15) is 14.7 Å². The number of hydrogen-bond donors (Lipinski definition) is 1. The normalized spacial score (nSPS) is 23.7. The van der Waals surface area contributed by atoms with Crippen molar-refractivity contribution in [3.8, 4) is 0 Å². The first-order chi connectivity index (χ1) is 9.04. The molecule has 1 aliphatic heterocycles. The summed E-state index contributed by atoms with van der Waals surface area (Å²) in [6.07, 6.45) is -0.226. The monoisotopic (exact) mass is 347 g/mol. The van der Waals surface area contributed by atoms with E-state index in [-0.39, 0.29) is 12.5 Å². The molecule has 7 heteroatoms. The number of carboxylic acids is 1. The quantitative estimate of drug-likeness (QED) is 0.907. The molecule has 1 aromatic heterocycles. The Balaban J connectivity index is 2.37. The highest BCUT2D eigenvalue weighted by Crippen LogP contribution is 2.35. The van der Waals surface area contributed by atoms with Gasteiger partial charge in [0.05, 0.1) is 0 Å². The van der Waals surface area contributed by atoms with Crippen LogP contribution in [0.1, 0.15) is 24.3 Å². The molecule has 0 aliphatic carbocycles. The first-order valence-electron chi connectivity index (χ1n) is 5.92. The Morgan fingerprint density at radius 2 is 2.42 bits per heavy atom. The van der Waals surface area contributed by atoms with Gasteiger partial charge in [-0.15, -0.1) is 11.3 Å². The fourth-order valence-corrected chi connectivity index (χ4v) is 3.73. The predicted octanol–water partition coefficient (Wildman–Crippen LogP) is 2.27. The van der Waals surface area contributed by atoms with Crippen molar-refractivity contribution in [3.05, 3.63) is 20.8 Å². The average molecular weight is 348 g/mol. The highest BCUT2D eigenvalue weighted by molar-refractivity contribution is 9.10. The number of nitrogens with zero attached hydrogens (tertiary/aromatic N) is 1. The number of hydrogen-bond acceptors (Lipinski definition) is 4. The minimum absolute atomic E-state index is 0.158. The number of aliphatic carboxylic acids is 1. The summed E-state index contributed by atoms with van der Waals surface area (Å²) in [7, 11) is 0. The smallest absolute Gasteiger partial charge is 0.335 e. The Morgan fingerprint density at radius 1 is 1.68 bits per heavy atom. The van der Waals surface area contributed by atoms with Gasteiger partial charge in [-0.1, -0.05) is 6.92 Å². The molecule has 2 rings (SSSR count). The maximum absolute atomic E-state index is 11.9. The Kier molecular flexibility index (Phi) is 4.59. The van der Waals surface area contributed by atoms with Crippen molar-refractivity contribution < 1.29 is 19.4 Å². The molecule has 1 fully saturated rings. The summed E-state index contributed by atoms with van der Waals surface area (Å²) < 4.78 is 6.09. The number of carbonyl (C=O) groups is 2. The van der Waals surface area contributed by atoms with Crippen LogP contribution in [0.15, 0.2) is 15.9 Å². The molecule has 0 radical (unpaired) electrons. The zero-order valence-electron chi connectivity index (χ0n) is 10.3. The van der Waals surface area contributed by atoms with Gasteiger partial charge < -0.3 is 14.7 Å². The van der Waals surface area contributed by atoms with Gasteiger partial charge in [0.25, 0.3) is 0 Å². The lowest BCUT2D eigenvalue weighted by molar-refractivity contribution is -0.173. The standard InChI is InChI=1S/C12H14BrNO4S/c1-2-3-14-9(15)5-18-11(12(16)17)10(14)8-4-7(13)6-19-8/h4,6,10-11H,2-3,5H2,1H3,(H,16,17). The number of amides is 1. The Labute approximate surface area is 123 Å². The molecule has 5 nitrogen and oxygen atoms in total. The van der Waals surface area contributed by atoms with E-state index in [1.165, 1.54) is 11.3 Å². The van der Waals surface area contributed by atoms with E-state index < -0.39 is 18.1 Å². The van der Waals surface area contributed by atoms with Gasteiger partial charge in [-0.05, 0) is 28.4 Å². The van der Waals surface area contributed by atoms with E-state index in [2.05, 4.69) is 15.9 Å². The number of carboxylic acid groups (broad SMARTS) is 1. The molecule has 1 aromatic rings. The van der Waals surface area contributed by atoms with E-state index in [1.807, 2.05) is 18.4 Å². The van der Waals surface area contributed by atoms with Crippen molar-refractivity contribution >= 4 is 39.1 Å². The summed E-state index contributed by atoms with van der Waals surface area (Å²) in [6.45, 7) is 2.33. The summed E-state index contributed by atoms with van der Waals surface area (Å²) in [5.41, 5.74) is 0. The van der Waals surface area contributed by atoms with Crippen molar-refractivity contribution in [3.63, 3.8) is 0 Å². The maximum Gasteiger partial charge on any atom is 0.335 e. The Morgan fingerprint density at radius 3 is 2.95 bits per heavy atom. The summed E-state index contributed by atoms with van der Waals surface area (Å²) in [6, 6.07) is 1.30. The molecule has 0 saturated carbocycles. The average Bonchev–Trinajstić information content (AvgIpc) is 2.78. The van der Waals surface area contributed by atoms with Crippen molar-refractivity contribution in [1.82, 2.24) is 4.90 Å². The molecule has 2 unspecified atom stereocenters. The van der Waals surface area contributed by atoms with Crippen LogP contribution in [0, 0.1) is 0 Å². The third-order valence-corrected chi connectivity index (χ3v) is 4.68. The molecule has 1 N–H and O–H groups in total. The van der Waals surface area contributed by atoms with Gasteiger partial charge in [-0.25, -0.2) is 4.79 Å². The fraction of sp³-hybridized carbons (Fsp3) is 0.500. The van der Waals surface area contributed by atoms with E-state index >= 15 is 0 Å². The summed E-state index contributed by atoms with van der Waals surface area (Å²) in [4.78, 5) is 25.7. The number of ether oxygens (including phenoxy) is 1. The lowest BCUT2D eigenvalue weighted by Crippen LogP contribution is -2.51. The highest BCUT2D eigenvalue weighted by Gasteiger charge is 2.42. The number of carbonyl (C=O) groups excluding carboxylic acids is 1. The Bertz CT molecular complexity index is 490. The topological polar surface area (TPSA) is 66.8 Å². The zero-order chi connectivity index (χ0) is 14.0. The molecule has 0 aromatic carbocycles. The fourth-order valence-electron chi connectivity index (χ4n) is 2.15. The Hall–Kier alpha value is -0.920. The maximum atomic E-state index is 11.9. The van der Waals surface area contributed by atoms with E-state index in [4.69, 9.17) is 4.74 Å². The highest BCUT2D eigenvalue weighted by atomic mass is 79.9. The van der Waals surface area contributed by atoms with E-state index in [0.717, 1.165) is 15.8 Å². The van der Waals surface area contributed by atoms with Crippen LogP contribution >= 0.6 is 27.3 Å². The SMILES string of the molecule is CCCN1C(=O)COC(C(=O)O)C1c1cc(Br)cs1. The molecule has 0 spiro atoms. The zero-order valence-corrected chi connectivity index (χ0v) is 12.7. The molecule has 0 bridgehead atoms. The van der Waals surface area contributed by atoms with Crippen LogP contribution in [0.4, 0.5) is 0 Å². The largest absolute Gasteiger partial charge is 0.479 e. The minimum atomic E-state index is -1.04. The van der Waals surface area contributed by atoms with Gasteiger partial charge in [0.2, 0.25) is 5.91 Å². The summed E-state index contributed by atoms with van der Waals surface area (Å²) in [5.74, 6) is -1.20. The molecular weight excluding hydrogens is 334 g/mol. The lowest BCUT2D eigenvalue weighted by atomic mass is 10.0. The third kappa shape index (κ3) is 2.98. The van der Waals surface area contributed by atoms with Gasteiger partial charge >= 0.3 is 5.97 Å². The predicted molar refractivity (Wildman–Crippen MR) is 74.1 cm³/mol. The lowest BCUT2D eigenvalue weighted by Gasteiger charge is -2.38. The van der Waals surface area contributed by atoms with Gasteiger partial charge in [-0.2, -0.15) is 0 Å². The molecule has 1 saturated heterocycles. The first kappa shape index (κ1) is 14.5. The van der Waals surface area contributed by atoms with Gasteiger partial charge in [0, 0.05) is 21.3 Å². The third-order valence-electron chi connectivity index (χ3n) is 2.92. The second-order valence-electron chi connectivity index (χ2n) is 4.27. The number of halogens is 1. The second-order valence-corrected chi connectivity index (χ2v) is 6.13. The molecule has 2 heterocycles. The number of rotatable bonds is 4. The van der Waals surface area contributed by atoms with Crippen molar-refractivity contribution in [2.24, 2.45) is 0 Å². The summed E-state index contributed by atoms with van der Waals surface area (Å²) >= 11 is 4.77. The first-order valence-corrected chi connectivity index (χ1v) is 7.59. The van der Waals surface area contributed by atoms with Gasteiger partial charge in [0.1, 0.15) is 12.6 Å². The summed E-state index contributed by atoms with van der Waals surface area (Å²) in [5, 5.41) is 11.2. The van der Waals surface area contributed by atoms with Crippen LogP contribution in [-0.4, -0.2) is 41.1 Å². The number of thiophene rings is 1. The van der Waals surface area contributed by atoms with Gasteiger partial charge in [0.15, 0.2) is 6.10 Å². The van der Waals surface area contributed by atoms with Crippen molar-refractivity contribution in [2.45, 2.75) is 25.5 Å². The van der Waals surface area contributed by atoms with Crippen LogP contribution in [-0.2, 0) is 14.3 Å². The van der Waals surface area contributed by atoms with Crippen LogP contribution < -0.4 is 0 Å². The van der Waals surface area contributed by atoms with E-state index in [1.54, 1.807) is 4.90 Å². The number of morpholine rings is 1. The molecule has 1 amide bonds. The minimum Gasteiger partial charge on any atom is -0.479 e. The molecular formula is C12H14BrNO4S. The van der Waals surface area contributed by atoms with Gasteiger partial charge in [-0.3, -0.25) is 4.79 Å². The van der Waals surface area contributed by atoms with Crippen LogP contribution in [0.2, 0.25) is 0 Å². The van der Waals surface area contributed by atoms with Crippen LogP contribution in [0.25, 0.3) is 0 Å². The second kappa shape index (κ2) is 6.02. The van der Waals surface area contributed by atoms with Crippen LogP contribution in [0.5, 0.6) is 0 Å². The molecule has 2 atom stereocenters. The van der Waals surface area contributed by atoms with E-state index in [0.29, 0.717) is 6.54 Å². The molecule has 19 heavy (non-hydrogen) atoms.